The summed E-state index contributed by atoms with van der Waals surface area (Å²) in [7, 11) is 0. The van der Waals surface area contributed by atoms with E-state index in [1.165, 1.54) is 205 Å². The van der Waals surface area contributed by atoms with Crippen LogP contribution in [0.25, 0.3) is 0 Å². The molecule has 5 nitrogen and oxygen atoms in total. The second kappa shape index (κ2) is 60.6. The summed E-state index contributed by atoms with van der Waals surface area (Å²) < 4.78 is 17.4. The largest absolute Gasteiger partial charge is 0.462 e. The van der Waals surface area contributed by atoms with E-state index in [9.17, 15) is 9.59 Å². The highest BCUT2D eigenvalue weighted by molar-refractivity contribution is 5.70. The van der Waals surface area contributed by atoms with E-state index in [0.29, 0.717) is 25.9 Å². The van der Waals surface area contributed by atoms with Crippen molar-refractivity contribution in [1.29, 1.82) is 0 Å². The zero-order valence-electron chi connectivity index (χ0n) is 46.8. The van der Waals surface area contributed by atoms with Crippen LogP contribution in [0.2, 0.25) is 0 Å². The Kier molecular flexibility index (Phi) is 58.3. The van der Waals surface area contributed by atoms with Crippen LogP contribution in [0.4, 0.5) is 0 Å². The highest BCUT2D eigenvalue weighted by atomic mass is 16.6. The first-order chi connectivity index (χ1) is 34.6. The number of carbonyl (C=O) groups is 2. The first-order valence-corrected chi connectivity index (χ1v) is 30.5. The third-order valence-corrected chi connectivity index (χ3v) is 13.2. The molecule has 1 atom stereocenters. The average molecular weight is 978 g/mol. The molecule has 0 unspecified atom stereocenters. The van der Waals surface area contributed by atoms with Gasteiger partial charge in [0.1, 0.15) is 6.61 Å². The highest BCUT2D eigenvalue weighted by Crippen LogP contribution is 2.16. The van der Waals surface area contributed by atoms with Crippen LogP contribution in [-0.2, 0) is 23.8 Å². The molecule has 0 aromatic heterocycles. The molecule has 0 N–H and O–H groups in total. The molecule has 0 aliphatic carbocycles. The Labute approximate surface area is 436 Å². The first-order valence-electron chi connectivity index (χ1n) is 30.5. The van der Waals surface area contributed by atoms with Crippen molar-refractivity contribution in [3.8, 4) is 0 Å². The van der Waals surface area contributed by atoms with Gasteiger partial charge in [-0.2, -0.15) is 0 Å². The maximum atomic E-state index is 12.9. The van der Waals surface area contributed by atoms with Crippen LogP contribution in [0.3, 0.4) is 0 Å². The average Bonchev–Trinajstić information content (AvgIpc) is 3.36. The topological polar surface area (TPSA) is 61.8 Å². The fraction of sp³-hybridized carbons (Fsp3) is 0.785. The lowest BCUT2D eigenvalue weighted by atomic mass is 10.0. The molecule has 0 spiro atoms. The molecule has 0 saturated carbocycles. The minimum atomic E-state index is -0.568. The molecule has 5 heteroatoms. The highest BCUT2D eigenvalue weighted by Gasteiger charge is 2.17. The van der Waals surface area contributed by atoms with Crippen molar-refractivity contribution in [2.75, 3.05) is 19.8 Å². The summed E-state index contributed by atoms with van der Waals surface area (Å²) in [6.45, 7) is 7.76. The van der Waals surface area contributed by atoms with Crippen molar-refractivity contribution in [3.63, 3.8) is 0 Å². The van der Waals surface area contributed by atoms with Crippen LogP contribution < -0.4 is 0 Å². The molecule has 0 aromatic rings. The zero-order chi connectivity index (χ0) is 50.6. The van der Waals surface area contributed by atoms with Gasteiger partial charge in [-0.25, -0.2) is 0 Å². The lowest BCUT2D eigenvalue weighted by Crippen LogP contribution is -2.30. The smallest absolute Gasteiger partial charge is 0.306 e. The van der Waals surface area contributed by atoms with Gasteiger partial charge < -0.3 is 14.2 Å². The third kappa shape index (κ3) is 57.9. The summed E-state index contributed by atoms with van der Waals surface area (Å²) >= 11 is 0. The Morgan fingerprint density at radius 1 is 0.314 bits per heavy atom. The second-order valence-electron chi connectivity index (χ2n) is 20.3. The Hall–Kier alpha value is -2.66. The summed E-state index contributed by atoms with van der Waals surface area (Å²) in [5.41, 5.74) is 0. The standard InChI is InChI=1S/C65H116O5/c1-4-7-10-13-16-19-22-25-28-31-33-35-37-40-43-46-49-52-55-58-64(66)69-62-63(61-68-60-57-54-51-48-45-42-39-30-27-24-21-18-15-12-9-6-3)70-65(67)59-56-53-50-47-44-41-38-36-34-32-29-26-23-20-17-14-11-8-5-2/h16,19,25-26,28-29,33,35,40,43,49,52,63H,4-15,17-18,20-24,27,30-32,34,36-39,41-42,44-48,50-51,53-62H2,1-3H3/b19-16-,28-25-,29-26-,35-33-,43-40-,52-49-/t63-/m1/s1. The van der Waals surface area contributed by atoms with Crippen LogP contribution in [-0.4, -0.2) is 37.9 Å². The van der Waals surface area contributed by atoms with E-state index < -0.39 is 6.10 Å². The Bertz CT molecular complexity index is 1240. The number of hydrogen-bond donors (Lipinski definition) is 0. The summed E-state index contributed by atoms with van der Waals surface area (Å²) in [5, 5.41) is 0. The maximum Gasteiger partial charge on any atom is 0.306 e. The number of allylic oxidation sites excluding steroid dienone is 12. The van der Waals surface area contributed by atoms with Crippen molar-refractivity contribution in [1.82, 2.24) is 0 Å². The monoisotopic (exact) mass is 977 g/mol. The molecule has 0 saturated heterocycles. The number of ether oxygens (including phenoxy) is 3. The zero-order valence-corrected chi connectivity index (χ0v) is 46.8. The van der Waals surface area contributed by atoms with E-state index in [0.717, 1.165) is 57.8 Å². The molecular weight excluding hydrogens is 861 g/mol. The van der Waals surface area contributed by atoms with Gasteiger partial charge in [0.2, 0.25) is 0 Å². The number of rotatable bonds is 56. The molecule has 0 fully saturated rings. The third-order valence-electron chi connectivity index (χ3n) is 13.2. The summed E-state index contributed by atoms with van der Waals surface area (Å²) in [6, 6.07) is 0. The van der Waals surface area contributed by atoms with Gasteiger partial charge in [0.05, 0.1) is 6.61 Å². The van der Waals surface area contributed by atoms with Gasteiger partial charge in [0.15, 0.2) is 6.10 Å². The number of hydrogen-bond acceptors (Lipinski definition) is 5. The Morgan fingerprint density at radius 2 is 0.629 bits per heavy atom. The van der Waals surface area contributed by atoms with E-state index in [4.69, 9.17) is 14.2 Å². The molecule has 0 aliphatic rings. The fourth-order valence-electron chi connectivity index (χ4n) is 8.67. The molecule has 0 heterocycles. The van der Waals surface area contributed by atoms with Crippen molar-refractivity contribution < 1.29 is 23.8 Å². The minimum absolute atomic E-state index is 0.0466. The molecule has 70 heavy (non-hydrogen) atoms. The first kappa shape index (κ1) is 67.3. The van der Waals surface area contributed by atoms with Crippen molar-refractivity contribution in [2.24, 2.45) is 0 Å². The quantitative estimate of drug-likeness (QED) is 0.0345. The number of esters is 2. The van der Waals surface area contributed by atoms with Crippen molar-refractivity contribution in [2.45, 2.75) is 309 Å². The molecular formula is C65H116O5. The van der Waals surface area contributed by atoms with Crippen LogP contribution in [0.1, 0.15) is 303 Å². The molecule has 0 aliphatic heterocycles. The summed E-state index contributed by atoms with van der Waals surface area (Å²) in [6.07, 6.45) is 79.4. The predicted molar refractivity (Wildman–Crippen MR) is 307 cm³/mol. The van der Waals surface area contributed by atoms with E-state index in [1.807, 2.05) is 6.08 Å². The summed E-state index contributed by atoms with van der Waals surface area (Å²) in [4.78, 5) is 25.5. The van der Waals surface area contributed by atoms with Gasteiger partial charge in [-0.3, -0.25) is 9.59 Å². The van der Waals surface area contributed by atoms with Gasteiger partial charge in [-0.15, -0.1) is 0 Å². The van der Waals surface area contributed by atoms with Crippen molar-refractivity contribution >= 4 is 11.9 Å². The van der Waals surface area contributed by atoms with E-state index in [-0.39, 0.29) is 25.2 Å². The normalized spacial score (nSPS) is 12.7. The fourth-order valence-corrected chi connectivity index (χ4v) is 8.67. The van der Waals surface area contributed by atoms with Crippen LogP contribution in [0, 0.1) is 0 Å². The van der Waals surface area contributed by atoms with Gasteiger partial charge in [-0.05, 0) is 83.5 Å². The van der Waals surface area contributed by atoms with Crippen LogP contribution in [0.15, 0.2) is 72.9 Å². The van der Waals surface area contributed by atoms with Gasteiger partial charge in [0, 0.05) is 19.4 Å². The lowest BCUT2D eigenvalue weighted by Gasteiger charge is -2.18. The van der Waals surface area contributed by atoms with Crippen molar-refractivity contribution in [3.05, 3.63) is 72.9 Å². The Morgan fingerprint density at radius 3 is 1.06 bits per heavy atom. The van der Waals surface area contributed by atoms with E-state index in [1.54, 1.807) is 0 Å². The molecule has 0 bridgehead atoms. The van der Waals surface area contributed by atoms with Gasteiger partial charge in [-0.1, -0.05) is 280 Å². The van der Waals surface area contributed by atoms with E-state index in [2.05, 4.69) is 87.6 Å². The van der Waals surface area contributed by atoms with Gasteiger partial charge >= 0.3 is 11.9 Å². The maximum absolute atomic E-state index is 12.9. The van der Waals surface area contributed by atoms with Crippen LogP contribution in [0.5, 0.6) is 0 Å². The molecule has 406 valence electrons. The number of carbonyl (C=O) groups excluding carboxylic acids is 2. The van der Waals surface area contributed by atoms with E-state index >= 15 is 0 Å². The van der Waals surface area contributed by atoms with Gasteiger partial charge in [0.25, 0.3) is 0 Å². The lowest BCUT2D eigenvalue weighted by molar-refractivity contribution is -0.162. The molecule has 0 radical (unpaired) electrons. The Balaban J connectivity index is 4.36. The number of unbranched alkanes of at least 4 members (excludes halogenated alkanes) is 33. The molecule has 0 aromatic carbocycles. The molecule has 0 amide bonds. The predicted octanol–water partition coefficient (Wildman–Crippen LogP) is 21.0. The summed E-state index contributed by atoms with van der Waals surface area (Å²) in [5.74, 6) is -0.482. The molecule has 0 rings (SSSR count). The minimum Gasteiger partial charge on any atom is -0.462 e. The second-order valence-corrected chi connectivity index (χ2v) is 20.3. The SMILES string of the molecule is CCCCC/C=C\C/C=C\C/C=C\C/C=C\C/C=C\CCC(=O)OC[C@@H](COCCCCCCCCCCCCCCCCCC)OC(=O)CCCCCCCCCCC/C=C\CCCCCCCC. The van der Waals surface area contributed by atoms with Crippen LogP contribution >= 0.6 is 0 Å².